The number of aromatic nitrogens is 4. The average Bonchev–Trinajstić information content (AvgIpc) is 2.85. The van der Waals surface area contributed by atoms with Crippen molar-refractivity contribution in [3.63, 3.8) is 0 Å². The molecule has 0 spiro atoms. The van der Waals surface area contributed by atoms with Gasteiger partial charge in [-0.3, -0.25) is 4.98 Å². The van der Waals surface area contributed by atoms with Gasteiger partial charge in [0, 0.05) is 32.5 Å². The van der Waals surface area contributed by atoms with Gasteiger partial charge in [-0.15, -0.1) is 10.2 Å². The van der Waals surface area contributed by atoms with E-state index in [2.05, 4.69) is 20.5 Å². The molecular formula is C14H20N6O. The molecular weight excluding hydrogens is 268 g/mol. The predicted octanol–water partition coefficient (Wildman–Crippen LogP) is 1.17. The molecule has 0 aliphatic carbocycles. The predicted molar refractivity (Wildman–Crippen MR) is 78.4 cm³/mol. The van der Waals surface area contributed by atoms with E-state index in [4.69, 9.17) is 0 Å². The van der Waals surface area contributed by atoms with Crippen LogP contribution < -0.4 is 5.32 Å². The lowest BCUT2D eigenvalue weighted by atomic mass is 10.1. The lowest BCUT2D eigenvalue weighted by Crippen LogP contribution is -2.37. The first-order valence-corrected chi connectivity index (χ1v) is 6.71. The number of nitrogens with zero attached hydrogens (tertiary/aromatic N) is 5. The normalized spacial score (nSPS) is 10.5. The van der Waals surface area contributed by atoms with Gasteiger partial charge in [-0.05, 0) is 25.0 Å². The highest BCUT2D eigenvalue weighted by Crippen LogP contribution is 2.06. The van der Waals surface area contributed by atoms with E-state index in [0.29, 0.717) is 13.1 Å². The monoisotopic (exact) mass is 288 g/mol. The molecule has 2 rings (SSSR count). The fraction of sp³-hybridized carbons (Fsp3) is 0.429. The fourth-order valence-corrected chi connectivity index (χ4v) is 1.84. The van der Waals surface area contributed by atoms with Crippen molar-refractivity contribution in [1.82, 2.24) is 30.0 Å². The number of aryl methyl sites for hydroxylation is 3. The molecule has 0 saturated carbocycles. The smallest absolute Gasteiger partial charge is 0.317 e. The lowest BCUT2D eigenvalue weighted by Gasteiger charge is -2.17. The Morgan fingerprint density at radius 1 is 1.43 bits per heavy atom. The van der Waals surface area contributed by atoms with E-state index < -0.39 is 0 Å². The highest BCUT2D eigenvalue weighted by molar-refractivity contribution is 5.73. The van der Waals surface area contributed by atoms with Crippen molar-refractivity contribution >= 4 is 6.03 Å². The molecule has 2 aromatic heterocycles. The largest absolute Gasteiger partial charge is 0.334 e. The molecule has 21 heavy (non-hydrogen) atoms. The van der Waals surface area contributed by atoms with Gasteiger partial charge in [-0.25, -0.2) is 4.79 Å². The molecule has 1 N–H and O–H groups in total. The molecule has 0 radical (unpaired) electrons. The lowest BCUT2D eigenvalue weighted by molar-refractivity contribution is 0.205. The van der Waals surface area contributed by atoms with Crippen LogP contribution in [0.15, 0.2) is 18.6 Å². The van der Waals surface area contributed by atoms with E-state index in [1.54, 1.807) is 29.0 Å². The molecule has 7 nitrogen and oxygen atoms in total. The van der Waals surface area contributed by atoms with Crippen LogP contribution in [-0.2, 0) is 20.1 Å². The molecule has 0 aromatic carbocycles. The van der Waals surface area contributed by atoms with Crippen LogP contribution in [0, 0.1) is 13.8 Å². The Kier molecular flexibility index (Phi) is 4.52. The maximum Gasteiger partial charge on any atom is 0.317 e. The molecule has 0 atom stereocenters. The molecule has 0 aliphatic rings. The Labute approximate surface area is 124 Å². The van der Waals surface area contributed by atoms with E-state index in [0.717, 1.165) is 22.6 Å². The zero-order valence-electron chi connectivity index (χ0n) is 12.8. The second-order valence-electron chi connectivity index (χ2n) is 5.12. The summed E-state index contributed by atoms with van der Waals surface area (Å²) in [5.74, 6) is 0.737. The van der Waals surface area contributed by atoms with Gasteiger partial charge in [0.05, 0.1) is 6.54 Å². The zero-order valence-corrected chi connectivity index (χ0v) is 12.8. The van der Waals surface area contributed by atoms with Crippen molar-refractivity contribution < 1.29 is 4.79 Å². The summed E-state index contributed by atoms with van der Waals surface area (Å²) in [4.78, 5) is 17.9. The Balaban J connectivity index is 1.89. The molecule has 0 aliphatic heterocycles. The molecule has 0 saturated heterocycles. The number of pyridine rings is 1. The van der Waals surface area contributed by atoms with Crippen LogP contribution in [0.4, 0.5) is 4.79 Å². The van der Waals surface area contributed by atoms with Crippen LogP contribution in [0.3, 0.4) is 0 Å². The van der Waals surface area contributed by atoms with Crippen LogP contribution in [0.5, 0.6) is 0 Å². The summed E-state index contributed by atoms with van der Waals surface area (Å²) in [5.41, 5.74) is 3.11. The highest BCUT2D eigenvalue weighted by atomic mass is 16.2. The van der Waals surface area contributed by atoms with Crippen molar-refractivity contribution in [2.24, 2.45) is 7.05 Å². The third-order valence-corrected chi connectivity index (χ3v) is 3.37. The first-order valence-electron chi connectivity index (χ1n) is 6.71. The third kappa shape index (κ3) is 3.77. The summed E-state index contributed by atoms with van der Waals surface area (Å²) in [6, 6.07) is 1.88. The van der Waals surface area contributed by atoms with E-state index in [-0.39, 0.29) is 6.03 Å². The van der Waals surface area contributed by atoms with Crippen LogP contribution in [0.25, 0.3) is 0 Å². The standard InChI is InChI=1S/C14H20N6O/c1-10-5-12(6-15-11(10)2)7-16-14(21)19(3)8-13-18-17-9-20(13)4/h5-6,9H,7-8H2,1-4H3,(H,16,21). The number of urea groups is 1. The van der Waals surface area contributed by atoms with Crippen molar-refractivity contribution in [3.05, 3.63) is 41.2 Å². The van der Waals surface area contributed by atoms with Gasteiger partial charge in [0.1, 0.15) is 6.33 Å². The van der Waals surface area contributed by atoms with Gasteiger partial charge in [-0.1, -0.05) is 6.07 Å². The fourth-order valence-electron chi connectivity index (χ4n) is 1.84. The molecule has 2 heterocycles. The van der Waals surface area contributed by atoms with E-state index in [1.165, 1.54) is 0 Å². The summed E-state index contributed by atoms with van der Waals surface area (Å²) in [7, 11) is 3.57. The molecule has 0 unspecified atom stereocenters. The van der Waals surface area contributed by atoms with Gasteiger partial charge in [0.2, 0.25) is 0 Å². The SMILES string of the molecule is Cc1cc(CNC(=O)N(C)Cc2nncn2C)cnc1C. The maximum atomic E-state index is 12.0. The Morgan fingerprint density at radius 2 is 2.19 bits per heavy atom. The number of nitrogens with one attached hydrogen (secondary N) is 1. The summed E-state index contributed by atoms with van der Waals surface area (Å²) in [6.07, 6.45) is 3.40. The quantitative estimate of drug-likeness (QED) is 0.916. The third-order valence-electron chi connectivity index (χ3n) is 3.37. The van der Waals surface area contributed by atoms with Gasteiger partial charge < -0.3 is 14.8 Å². The van der Waals surface area contributed by atoms with Gasteiger partial charge >= 0.3 is 6.03 Å². The maximum absolute atomic E-state index is 12.0. The average molecular weight is 288 g/mol. The molecule has 2 aromatic rings. The van der Waals surface area contributed by atoms with Gasteiger partial charge in [0.15, 0.2) is 5.82 Å². The molecule has 0 fully saturated rings. The number of hydrogen-bond donors (Lipinski definition) is 1. The minimum atomic E-state index is -0.156. The van der Waals surface area contributed by atoms with Crippen LogP contribution >= 0.6 is 0 Å². The van der Waals surface area contributed by atoms with E-state index >= 15 is 0 Å². The Morgan fingerprint density at radius 3 is 2.81 bits per heavy atom. The topological polar surface area (TPSA) is 75.9 Å². The second kappa shape index (κ2) is 6.34. The number of carbonyl (C=O) groups is 1. The van der Waals surface area contributed by atoms with Crippen molar-refractivity contribution in [2.45, 2.75) is 26.9 Å². The summed E-state index contributed by atoms with van der Waals surface area (Å²) in [5, 5.41) is 10.6. The van der Waals surface area contributed by atoms with Crippen LogP contribution in [0.2, 0.25) is 0 Å². The van der Waals surface area contributed by atoms with Crippen LogP contribution in [0.1, 0.15) is 22.6 Å². The highest BCUT2D eigenvalue weighted by Gasteiger charge is 2.11. The van der Waals surface area contributed by atoms with Gasteiger partial charge in [0.25, 0.3) is 0 Å². The van der Waals surface area contributed by atoms with E-state index in [1.807, 2.05) is 27.0 Å². The first kappa shape index (κ1) is 15.0. The number of hydrogen-bond acceptors (Lipinski definition) is 4. The minimum absolute atomic E-state index is 0.156. The summed E-state index contributed by atoms with van der Waals surface area (Å²) >= 11 is 0. The number of amides is 2. The number of rotatable bonds is 4. The minimum Gasteiger partial charge on any atom is -0.334 e. The molecule has 0 bridgehead atoms. The molecule has 7 heteroatoms. The number of carbonyl (C=O) groups excluding carboxylic acids is 1. The summed E-state index contributed by atoms with van der Waals surface area (Å²) < 4.78 is 1.79. The van der Waals surface area contributed by atoms with Crippen molar-refractivity contribution in [2.75, 3.05) is 7.05 Å². The second-order valence-corrected chi connectivity index (χ2v) is 5.12. The van der Waals surface area contributed by atoms with Crippen molar-refractivity contribution in [1.29, 1.82) is 0 Å². The molecule has 2 amide bonds. The zero-order chi connectivity index (χ0) is 15.4. The van der Waals surface area contributed by atoms with Crippen LogP contribution in [-0.4, -0.2) is 37.7 Å². The summed E-state index contributed by atoms with van der Waals surface area (Å²) in [6.45, 7) is 4.84. The van der Waals surface area contributed by atoms with E-state index in [9.17, 15) is 4.79 Å². The Bertz CT molecular complexity index is 636. The van der Waals surface area contributed by atoms with Crippen molar-refractivity contribution in [3.8, 4) is 0 Å². The first-order chi connectivity index (χ1) is 9.97. The van der Waals surface area contributed by atoms with Gasteiger partial charge in [-0.2, -0.15) is 0 Å². The molecule has 112 valence electrons. The Hall–Kier alpha value is -2.44.